The SMILES string of the molecule is Cc1cc(C(=O)O)c(C)n1CC(C)(C)C. The number of hydrogen-bond acceptors (Lipinski definition) is 1. The van der Waals surface area contributed by atoms with Crippen molar-refractivity contribution in [3.63, 3.8) is 0 Å². The molecule has 3 heteroatoms. The Morgan fingerprint density at radius 3 is 2.27 bits per heavy atom. The van der Waals surface area contributed by atoms with Crippen LogP contribution in [0.2, 0.25) is 0 Å². The first kappa shape index (κ1) is 11.8. The van der Waals surface area contributed by atoms with E-state index in [2.05, 4.69) is 25.3 Å². The smallest absolute Gasteiger partial charge is 0.337 e. The van der Waals surface area contributed by atoms with Crippen LogP contribution in [0.3, 0.4) is 0 Å². The van der Waals surface area contributed by atoms with Gasteiger partial charge in [-0.15, -0.1) is 0 Å². The van der Waals surface area contributed by atoms with Crippen molar-refractivity contribution in [3.8, 4) is 0 Å². The van der Waals surface area contributed by atoms with Gasteiger partial charge in [0.25, 0.3) is 0 Å². The molecule has 1 aromatic rings. The largest absolute Gasteiger partial charge is 0.478 e. The summed E-state index contributed by atoms with van der Waals surface area (Å²) in [6.45, 7) is 11.1. The van der Waals surface area contributed by atoms with Gasteiger partial charge in [-0.05, 0) is 25.3 Å². The highest BCUT2D eigenvalue weighted by molar-refractivity contribution is 5.89. The van der Waals surface area contributed by atoms with Gasteiger partial charge in [0.1, 0.15) is 0 Å². The molecule has 1 N–H and O–H groups in total. The van der Waals surface area contributed by atoms with Crippen LogP contribution in [0, 0.1) is 19.3 Å². The van der Waals surface area contributed by atoms with Gasteiger partial charge in [0.15, 0.2) is 0 Å². The first-order valence-electron chi connectivity index (χ1n) is 5.12. The topological polar surface area (TPSA) is 42.2 Å². The van der Waals surface area contributed by atoms with Crippen LogP contribution in [-0.4, -0.2) is 15.6 Å². The highest BCUT2D eigenvalue weighted by Gasteiger charge is 2.18. The molecule has 0 aromatic carbocycles. The molecule has 15 heavy (non-hydrogen) atoms. The fraction of sp³-hybridized carbons (Fsp3) is 0.583. The Morgan fingerprint density at radius 1 is 1.40 bits per heavy atom. The highest BCUT2D eigenvalue weighted by atomic mass is 16.4. The number of rotatable bonds is 2. The first-order valence-corrected chi connectivity index (χ1v) is 5.12. The lowest BCUT2D eigenvalue weighted by Crippen LogP contribution is -2.17. The van der Waals surface area contributed by atoms with Crippen LogP contribution >= 0.6 is 0 Å². The predicted octanol–water partition coefficient (Wildman–Crippen LogP) is 2.85. The van der Waals surface area contributed by atoms with Gasteiger partial charge < -0.3 is 9.67 Å². The molecule has 0 aliphatic rings. The fourth-order valence-corrected chi connectivity index (χ4v) is 1.74. The average Bonchev–Trinajstić information content (AvgIpc) is 2.29. The van der Waals surface area contributed by atoms with Gasteiger partial charge in [-0.3, -0.25) is 0 Å². The normalized spacial score (nSPS) is 11.8. The van der Waals surface area contributed by atoms with Crippen molar-refractivity contribution >= 4 is 5.97 Å². The predicted molar refractivity (Wildman–Crippen MR) is 60.3 cm³/mol. The second kappa shape index (κ2) is 3.72. The molecule has 0 spiro atoms. The molecule has 0 bridgehead atoms. The van der Waals surface area contributed by atoms with Crippen LogP contribution < -0.4 is 0 Å². The van der Waals surface area contributed by atoms with Crippen LogP contribution in [0.25, 0.3) is 0 Å². The molecule has 3 nitrogen and oxygen atoms in total. The summed E-state index contributed by atoms with van der Waals surface area (Å²) in [5.74, 6) is -0.844. The van der Waals surface area contributed by atoms with Crippen LogP contribution in [0.15, 0.2) is 6.07 Å². The maximum absolute atomic E-state index is 10.9. The van der Waals surface area contributed by atoms with Crippen molar-refractivity contribution in [3.05, 3.63) is 23.0 Å². The minimum absolute atomic E-state index is 0.157. The van der Waals surface area contributed by atoms with E-state index in [0.717, 1.165) is 17.9 Å². The Hall–Kier alpha value is -1.25. The van der Waals surface area contributed by atoms with E-state index in [-0.39, 0.29) is 5.41 Å². The zero-order valence-electron chi connectivity index (χ0n) is 10.1. The number of carbonyl (C=O) groups is 1. The number of aromatic carboxylic acids is 1. The lowest BCUT2D eigenvalue weighted by atomic mass is 9.96. The number of aryl methyl sites for hydroxylation is 1. The van der Waals surface area contributed by atoms with Crippen molar-refractivity contribution < 1.29 is 9.90 Å². The molecule has 0 fully saturated rings. The molecule has 1 rings (SSSR count). The zero-order chi connectivity index (χ0) is 11.8. The lowest BCUT2D eigenvalue weighted by Gasteiger charge is -2.21. The summed E-state index contributed by atoms with van der Waals surface area (Å²) in [6, 6.07) is 1.74. The molecule has 0 saturated heterocycles. The molecular formula is C12H19NO2. The van der Waals surface area contributed by atoms with Gasteiger partial charge >= 0.3 is 5.97 Å². The molecule has 1 aromatic heterocycles. The Labute approximate surface area is 90.7 Å². The van der Waals surface area contributed by atoms with Gasteiger partial charge in [0.2, 0.25) is 0 Å². The Morgan fingerprint density at radius 2 is 1.93 bits per heavy atom. The van der Waals surface area contributed by atoms with Crippen LogP contribution in [0.5, 0.6) is 0 Å². The van der Waals surface area contributed by atoms with Crippen LogP contribution in [0.1, 0.15) is 42.5 Å². The van der Waals surface area contributed by atoms with Gasteiger partial charge in [-0.2, -0.15) is 0 Å². The van der Waals surface area contributed by atoms with E-state index in [1.807, 2.05) is 13.8 Å². The number of nitrogens with zero attached hydrogens (tertiary/aromatic N) is 1. The van der Waals surface area contributed by atoms with Crippen LogP contribution in [0.4, 0.5) is 0 Å². The first-order chi connectivity index (χ1) is 6.72. The fourth-order valence-electron chi connectivity index (χ4n) is 1.74. The maximum atomic E-state index is 10.9. The van der Waals surface area contributed by atoms with Crippen molar-refractivity contribution in [1.82, 2.24) is 4.57 Å². The number of aromatic nitrogens is 1. The Balaban J connectivity index is 3.14. The molecule has 1 heterocycles. The van der Waals surface area contributed by atoms with Gasteiger partial charge in [0.05, 0.1) is 5.56 Å². The van der Waals surface area contributed by atoms with Crippen LogP contribution in [-0.2, 0) is 6.54 Å². The van der Waals surface area contributed by atoms with Gasteiger partial charge in [0, 0.05) is 17.9 Å². The third kappa shape index (κ3) is 2.61. The summed E-state index contributed by atoms with van der Waals surface area (Å²) in [5.41, 5.74) is 2.43. The van der Waals surface area contributed by atoms with Gasteiger partial charge in [-0.1, -0.05) is 20.8 Å². The molecule has 0 unspecified atom stereocenters. The zero-order valence-corrected chi connectivity index (χ0v) is 10.1. The Kier molecular flexibility index (Phi) is 2.93. The monoisotopic (exact) mass is 209 g/mol. The van der Waals surface area contributed by atoms with Crippen molar-refractivity contribution in [2.24, 2.45) is 5.41 Å². The summed E-state index contributed by atoms with van der Waals surface area (Å²) in [7, 11) is 0. The van der Waals surface area contributed by atoms with Crippen molar-refractivity contribution in [1.29, 1.82) is 0 Å². The van der Waals surface area contributed by atoms with E-state index in [0.29, 0.717) is 5.56 Å². The second-order valence-electron chi connectivity index (χ2n) is 5.24. The van der Waals surface area contributed by atoms with E-state index in [1.54, 1.807) is 6.07 Å². The quantitative estimate of drug-likeness (QED) is 0.813. The van der Waals surface area contributed by atoms with Crippen molar-refractivity contribution in [2.45, 2.75) is 41.2 Å². The minimum atomic E-state index is -0.844. The summed E-state index contributed by atoms with van der Waals surface area (Å²) >= 11 is 0. The minimum Gasteiger partial charge on any atom is -0.478 e. The summed E-state index contributed by atoms with van der Waals surface area (Å²) in [5, 5.41) is 8.99. The average molecular weight is 209 g/mol. The molecule has 84 valence electrons. The Bertz CT molecular complexity index is 383. The summed E-state index contributed by atoms with van der Waals surface area (Å²) in [4.78, 5) is 10.9. The van der Waals surface area contributed by atoms with E-state index in [9.17, 15) is 4.79 Å². The molecule has 0 radical (unpaired) electrons. The van der Waals surface area contributed by atoms with Gasteiger partial charge in [-0.25, -0.2) is 4.79 Å². The third-order valence-corrected chi connectivity index (χ3v) is 2.44. The lowest BCUT2D eigenvalue weighted by molar-refractivity contribution is 0.0695. The maximum Gasteiger partial charge on any atom is 0.337 e. The van der Waals surface area contributed by atoms with E-state index in [1.165, 1.54) is 0 Å². The highest BCUT2D eigenvalue weighted by Crippen LogP contribution is 2.22. The summed E-state index contributed by atoms with van der Waals surface area (Å²) < 4.78 is 2.07. The molecule has 0 atom stereocenters. The number of hydrogen-bond donors (Lipinski definition) is 1. The standard InChI is InChI=1S/C12H19NO2/c1-8-6-10(11(14)15)9(2)13(8)7-12(3,4)5/h6H,7H2,1-5H3,(H,14,15). The second-order valence-corrected chi connectivity index (χ2v) is 5.24. The molecule has 0 amide bonds. The van der Waals surface area contributed by atoms with E-state index < -0.39 is 5.97 Å². The summed E-state index contributed by atoms with van der Waals surface area (Å²) in [6.07, 6.45) is 0. The third-order valence-electron chi connectivity index (χ3n) is 2.44. The number of carboxylic acid groups (broad SMARTS) is 1. The number of carboxylic acids is 1. The molecule has 0 saturated carbocycles. The van der Waals surface area contributed by atoms with Crippen molar-refractivity contribution in [2.75, 3.05) is 0 Å². The molecule has 0 aliphatic heterocycles. The van der Waals surface area contributed by atoms with E-state index >= 15 is 0 Å². The van der Waals surface area contributed by atoms with E-state index in [4.69, 9.17) is 5.11 Å². The molecule has 0 aliphatic carbocycles. The molecular weight excluding hydrogens is 190 g/mol.